The molecule has 20 heavy (non-hydrogen) atoms. The lowest BCUT2D eigenvalue weighted by Gasteiger charge is -2.23. The Bertz CT molecular complexity index is 525. The van der Waals surface area contributed by atoms with Crippen LogP contribution in [0.3, 0.4) is 0 Å². The van der Waals surface area contributed by atoms with Gasteiger partial charge in [-0.05, 0) is 45.7 Å². The number of nitrogens with two attached hydrogens (primary N) is 1. The van der Waals surface area contributed by atoms with Gasteiger partial charge in [-0.3, -0.25) is 20.3 Å². The molecular formula is C11H13Br2N3O4. The van der Waals surface area contributed by atoms with Gasteiger partial charge in [0.25, 0.3) is 5.69 Å². The number of hydrogen-bond donors (Lipinski definition) is 2. The fourth-order valence-electron chi connectivity index (χ4n) is 1.30. The highest BCUT2D eigenvalue weighted by molar-refractivity contribution is 9.11. The van der Waals surface area contributed by atoms with Gasteiger partial charge in [0.05, 0.1) is 19.3 Å². The van der Waals surface area contributed by atoms with Gasteiger partial charge in [-0.15, -0.1) is 0 Å². The second-order valence-electron chi connectivity index (χ2n) is 4.64. The summed E-state index contributed by atoms with van der Waals surface area (Å²) < 4.78 is 6.40. The fourth-order valence-corrected chi connectivity index (χ4v) is 2.69. The molecule has 0 saturated carbocycles. The normalized spacial score (nSPS) is 11.1. The number of ether oxygens (including phenoxy) is 1. The third kappa shape index (κ3) is 3.90. The molecule has 3 N–H and O–H groups in total. The second kappa shape index (κ2) is 6.51. The number of amides is 1. The van der Waals surface area contributed by atoms with Crippen molar-refractivity contribution in [1.29, 1.82) is 0 Å². The van der Waals surface area contributed by atoms with Crippen LogP contribution in [-0.2, 0) is 4.79 Å². The largest absolute Gasteiger partial charge is 0.490 e. The minimum atomic E-state index is -0.838. The fraction of sp³-hybridized carbons (Fsp3) is 0.364. The van der Waals surface area contributed by atoms with Crippen molar-refractivity contribution in [3.8, 4) is 5.75 Å². The lowest BCUT2D eigenvalue weighted by atomic mass is 9.94. The standard InChI is InChI=1S/C11H13Br2N3O4/c1-11(2,10(17)15-14)5-20-9-7(12)3-6(16(18)19)4-8(9)13/h3-4H,5,14H2,1-2H3,(H,15,17). The molecule has 110 valence electrons. The molecule has 0 spiro atoms. The third-order valence-electron chi connectivity index (χ3n) is 2.52. The van der Waals surface area contributed by atoms with Crippen molar-refractivity contribution in [2.24, 2.45) is 11.3 Å². The molecule has 0 aromatic heterocycles. The van der Waals surface area contributed by atoms with Crippen LogP contribution >= 0.6 is 31.9 Å². The number of nitro groups is 1. The predicted octanol–water partition coefficient (Wildman–Crippen LogP) is 2.51. The highest BCUT2D eigenvalue weighted by atomic mass is 79.9. The van der Waals surface area contributed by atoms with Gasteiger partial charge in [0, 0.05) is 12.1 Å². The van der Waals surface area contributed by atoms with Crippen molar-refractivity contribution < 1.29 is 14.5 Å². The van der Waals surface area contributed by atoms with E-state index >= 15 is 0 Å². The average molecular weight is 411 g/mol. The number of nitrogens with zero attached hydrogens (tertiary/aromatic N) is 1. The monoisotopic (exact) mass is 409 g/mol. The quantitative estimate of drug-likeness (QED) is 0.335. The summed E-state index contributed by atoms with van der Waals surface area (Å²) in [4.78, 5) is 21.7. The summed E-state index contributed by atoms with van der Waals surface area (Å²) in [5.41, 5.74) is 1.15. The van der Waals surface area contributed by atoms with Gasteiger partial charge in [-0.1, -0.05) is 0 Å². The van der Waals surface area contributed by atoms with E-state index < -0.39 is 10.3 Å². The minimum absolute atomic E-state index is 0.0606. The van der Waals surface area contributed by atoms with E-state index in [2.05, 4.69) is 37.3 Å². The second-order valence-corrected chi connectivity index (χ2v) is 6.35. The van der Waals surface area contributed by atoms with Crippen molar-refractivity contribution in [2.75, 3.05) is 6.61 Å². The maximum Gasteiger partial charge on any atom is 0.271 e. The molecular weight excluding hydrogens is 398 g/mol. The zero-order chi connectivity index (χ0) is 15.5. The molecule has 0 aliphatic carbocycles. The van der Waals surface area contributed by atoms with E-state index in [1.54, 1.807) is 13.8 Å². The Balaban J connectivity index is 2.94. The zero-order valence-corrected chi connectivity index (χ0v) is 13.9. The molecule has 0 bridgehead atoms. The van der Waals surface area contributed by atoms with Gasteiger partial charge in [-0.25, -0.2) is 5.84 Å². The lowest BCUT2D eigenvalue weighted by Crippen LogP contribution is -2.44. The Labute approximate surface area is 132 Å². The number of carbonyl (C=O) groups is 1. The van der Waals surface area contributed by atoms with Gasteiger partial charge in [0.1, 0.15) is 12.4 Å². The van der Waals surface area contributed by atoms with Gasteiger partial charge in [0.15, 0.2) is 0 Å². The number of benzene rings is 1. The maximum atomic E-state index is 11.5. The molecule has 0 aliphatic heterocycles. The van der Waals surface area contributed by atoms with Gasteiger partial charge in [0.2, 0.25) is 5.91 Å². The summed E-state index contributed by atoms with van der Waals surface area (Å²) in [5.74, 6) is 5.11. The van der Waals surface area contributed by atoms with Gasteiger partial charge in [-0.2, -0.15) is 0 Å². The SMILES string of the molecule is CC(C)(COc1c(Br)cc([N+](=O)[O-])cc1Br)C(=O)NN. The topological polar surface area (TPSA) is 107 Å². The molecule has 0 radical (unpaired) electrons. The number of nitro benzene ring substituents is 1. The summed E-state index contributed by atoms with van der Waals surface area (Å²) in [6, 6.07) is 2.66. The summed E-state index contributed by atoms with van der Waals surface area (Å²) in [7, 11) is 0. The van der Waals surface area contributed by atoms with E-state index in [4.69, 9.17) is 10.6 Å². The Morgan fingerprint density at radius 3 is 2.35 bits per heavy atom. The van der Waals surface area contributed by atoms with Crippen molar-refractivity contribution >= 4 is 43.5 Å². The van der Waals surface area contributed by atoms with Crippen LogP contribution in [0.15, 0.2) is 21.1 Å². The van der Waals surface area contributed by atoms with Crippen molar-refractivity contribution in [1.82, 2.24) is 5.43 Å². The van der Waals surface area contributed by atoms with Crippen molar-refractivity contribution in [2.45, 2.75) is 13.8 Å². The molecule has 1 rings (SSSR count). The molecule has 0 heterocycles. The highest BCUT2D eigenvalue weighted by Gasteiger charge is 2.29. The molecule has 0 fully saturated rings. The van der Waals surface area contributed by atoms with Crippen LogP contribution in [0.1, 0.15) is 13.8 Å². The number of nitrogens with one attached hydrogen (secondary N) is 1. The number of rotatable bonds is 5. The summed E-state index contributed by atoms with van der Waals surface area (Å²) in [6.07, 6.45) is 0. The number of carbonyl (C=O) groups excluding carboxylic acids is 1. The van der Waals surface area contributed by atoms with Gasteiger partial charge >= 0.3 is 0 Å². The number of hydrogen-bond acceptors (Lipinski definition) is 5. The van der Waals surface area contributed by atoms with Crippen LogP contribution in [0.5, 0.6) is 5.75 Å². The van der Waals surface area contributed by atoms with Crippen LogP contribution in [0.4, 0.5) is 5.69 Å². The smallest absolute Gasteiger partial charge is 0.271 e. The van der Waals surface area contributed by atoms with Crippen LogP contribution in [-0.4, -0.2) is 17.4 Å². The Kier molecular flexibility index (Phi) is 5.49. The predicted molar refractivity (Wildman–Crippen MR) is 80.1 cm³/mol. The van der Waals surface area contributed by atoms with Crippen LogP contribution in [0.2, 0.25) is 0 Å². The van der Waals surface area contributed by atoms with Crippen molar-refractivity contribution in [3.05, 3.63) is 31.2 Å². The van der Waals surface area contributed by atoms with E-state index in [1.807, 2.05) is 0 Å². The third-order valence-corrected chi connectivity index (χ3v) is 3.70. The lowest BCUT2D eigenvalue weighted by molar-refractivity contribution is -0.385. The van der Waals surface area contributed by atoms with E-state index in [1.165, 1.54) is 12.1 Å². The van der Waals surface area contributed by atoms with E-state index in [9.17, 15) is 14.9 Å². The summed E-state index contributed by atoms with van der Waals surface area (Å²) in [6.45, 7) is 3.40. The first kappa shape index (κ1) is 16.9. The molecule has 0 saturated heterocycles. The molecule has 1 aromatic rings. The van der Waals surface area contributed by atoms with Crippen LogP contribution < -0.4 is 16.0 Å². The minimum Gasteiger partial charge on any atom is -0.490 e. The molecule has 0 unspecified atom stereocenters. The molecule has 0 aliphatic rings. The Morgan fingerprint density at radius 1 is 1.45 bits per heavy atom. The Morgan fingerprint density at radius 2 is 1.95 bits per heavy atom. The Hall–Kier alpha value is -1.19. The molecule has 0 atom stereocenters. The first-order chi connectivity index (χ1) is 9.19. The van der Waals surface area contributed by atoms with E-state index in [-0.39, 0.29) is 18.2 Å². The summed E-state index contributed by atoms with van der Waals surface area (Å²) in [5, 5.41) is 10.7. The van der Waals surface area contributed by atoms with Crippen LogP contribution in [0, 0.1) is 15.5 Å². The zero-order valence-electron chi connectivity index (χ0n) is 10.8. The highest BCUT2D eigenvalue weighted by Crippen LogP contribution is 2.38. The first-order valence-corrected chi connectivity index (χ1v) is 7.05. The molecule has 7 nitrogen and oxygen atoms in total. The number of non-ortho nitro benzene ring substituents is 1. The summed E-state index contributed by atoms with van der Waals surface area (Å²) >= 11 is 6.41. The van der Waals surface area contributed by atoms with Gasteiger partial charge < -0.3 is 4.74 Å². The number of halogens is 2. The average Bonchev–Trinajstić information content (AvgIpc) is 2.36. The molecule has 1 aromatic carbocycles. The van der Waals surface area contributed by atoms with E-state index in [0.29, 0.717) is 14.7 Å². The van der Waals surface area contributed by atoms with E-state index in [0.717, 1.165) is 0 Å². The molecule has 9 heteroatoms. The van der Waals surface area contributed by atoms with Crippen molar-refractivity contribution in [3.63, 3.8) is 0 Å². The first-order valence-electron chi connectivity index (χ1n) is 5.46. The van der Waals surface area contributed by atoms with Crippen LogP contribution in [0.25, 0.3) is 0 Å². The maximum absolute atomic E-state index is 11.5. The molecule has 1 amide bonds. The number of hydrazine groups is 1.